The normalized spacial score (nSPS) is 12.2. The van der Waals surface area contributed by atoms with Crippen molar-refractivity contribution >= 4 is 33.4 Å². The average molecular weight is 315 g/mol. The van der Waals surface area contributed by atoms with Gasteiger partial charge in [0.1, 0.15) is 6.04 Å². The van der Waals surface area contributed by atoms with Gasteiger partial charge in [0.25, 0.3) is 5.91 Å². The number of aliphatic carboxylic acids is 1. The molecule has 0 saturated carbocycles. The Bertz CT molecular complexity index is 839. The summed E-state index contributed by atoms with van der Waals surface area (Å²) in [5.74, 6) is -1.48. The van der Waals surface area contributed by atoms with Gasteiger partial charge in [0, 0.05) is 18.0 Å². The first kappa shape index (κ1) is 14.3. The molecule has 112 valence electrons. The summed E-state index contributed by atoms with van der Waals surface area (Å²) in [6, 6.07) is 8.03. The Kier molecular flexibility index (Phi) is 3.64. The molecule has 0 fully saturated rings. The van der Waals surface area contributed by atoms with Crippen molar-refractivity contribution in [2.45, 2.75) is 13.0 Å². The lowest BCUT2D eigenvalue weighted by Crippen LogP contribution is -2.38. The molecule has 2 N–H and O–H groups in total. The van der Waals surface area contributed by atoms with Crippen molar-refractivity contribution in [2.24, 2.45) is 0 Å². The lowest BCUT2D eigenvalue weighted by Gasteiger charge is -2.08. The monoisotopic (exact) mass is 315 g/mol. The van der Waals surface area contributed by atoms with Crippen LogP contribution in [0.25, 0.3) is 15.3 Å². The molecule has 0 saturated heterocycles. The Morgan fingerprint density at radius 2 is 2.05 bits per heavy atom. The summed E-state index contributed by atoms with van der Waals surface area (Å²) in [6.07, 6.45) is 3.81. The molecule has 0 spiro atoms. The molecule has 1 unspecified atom stereocenters. The number of carbonyl (C=O) groups is 2. The van der Waals surface area contributed by atoms with Crippen LogP contribution in [0.1, 0.15) is 17.3 Å². The number of nitrogens with zero attached hydrogens (tertiary/aromatic N) is 2. The van der Waals surface area contributed by atoms with Gasteiger partial charge in [0.15, 0.2) is 5.13 Å². The number of benzene rings is 1. The van der Waals surface area contributed by atoms with Crippen molar-refractivity contribution in [3.05, 3.63) is 48.3 Å². The molecule has 0 aliphatic carbocycles. The zero-order chi connectivity index (χ0) is 15.7. The van der Waals surface area contributed by atoms with Gasteiger partial charge in [-0.2, -0.15) is 0 Å². The minimum atomic E-state index is -1.07. The summed E-state index contributed by atoms with van der Waals surface area (Å²) in [6.45, 7) is 1.43. The first-order valence-corrected chi connectivity index (χ1v) is 7.44. The van der Waals surface area contributed by atoms with E-state index >= 15 is 0 Å². The van der Waals surface area contributed by atoms with E-state index in [0.29, 0.717) is 5.56 Å². The molecular weight excluding hydrogens is 302 g/mol. The van der Waals surface area contributed by atoms with E-state index in [2.05, 4.69) is 10.3 Å². The molecule has 0 aliphatic heterocycles. The topological polar surface area (TPSA) is 84.2 Å². The molecule has 3 rings (SSSR count). The number of hydrogen-bond donors (Lipinski definition) is 2. The Balaban J connectivity index is 1.89. The van der Waals surface area contributed by atoms with Crippen molar-refractivity contribution in [3.8, 4) is 5.13 Å². The van der Waals surface area contributed by atoms with Crippen molar-refractivity contribution in [1.82, 2.24) is 14.9 Å². The van der Waals surface area contributed by atoms with Crippen LogP contribution in [0.2, 0.25) is 0 Å². The van der Waals surface area contributed by atoms with Crippen LogP contribution < -0.4 is 5.32 Å². The fraction of sp³-hybridized carbons (Fsp3) is 0.133. The molecule has 0 radical (unpaired) electrons. The molecule has 7 heteroatoms. The van der Waals surface area contributed by atoms with E-state index in [1.807, 2.05) is 29.1 Å². The SMILES string of the molecule is CC(NC(=O)c1ccc2nc(-n3cccc3)sc2c1)C(=O)O. The van der Waals surface area contributed by atoms with Crippen LogP contribution in [0.5, 0.6) is 0 Å². The molecule has 1 atom stereocenters. The standard InChI is InChI=1S/C15H13N3O3S/c1-9(14(20)21)16-13(19)10-4-5-11-12(8-10)22-15(17-11)18-6-2-3-7-18/h2-9H,1H3,(H,16,19)(H,20,21). The zero-order valence-corrected chi connectivity index (χ0v) is 12.5. The molecular formula is C15H13N3O3S. The molecule has 2 heterocycles. The third-order valence-electron chi connectivity index (χ3n) is 3.18. The van der Waals surface area contributed by atoms with Crippen LogP contribution in [-0.2, 0) is 4.79 Å². The summed E-state index contributed by atoms with van der Waals surface area (Å²) in [7, 11) is 0. The minimum absolute atomic E-state index is 0.410. The van der Waals surface area contributed by atoms with Gasteiger partial charge in [-0.1, -0.05) is 11.3 Å². The van der Waals surface area contributed by atoms with Crippen LogP contribution in [0, 0.1) is 0 Å². The van der Waals surface area contributed by atoms with E-state index in [4.69, 9.17) is 5.11 Å². The second-order valence-corrected chi connectivity index (χ2v) is 5.81. The molecule has 2 aromatic heterocycles. The molecule has 1 aromatic carbocycles. The largest absolute Gasteiger partial charge is 0.480 e. The van der Waals surface area contributed by atoms with Gasteiger partial charge in [0.05, 0.1) is 10.2 Å². The van der Waals surface area contributed by atoms with Crippen LogP contribution in [0.15, 0.2) is 42.7 Å². The second-order valence-electron chi connectivity index (χ2n) is 4.80. The van der Waals surface area contributed by atoms with Gasteiger partial charge in [-0.3, -0.25) is 9.59 Å². The summed E-state index contributed by atoms with van der Waals surface area (Å²) >= 11 is 1.47. The summed E-state index contributed by atoms with van der Waals surface area (Å²) in [5, 5.41) is 12.1. The number of nitrogens with one attached hydrogen (secondary N) is 1. The lowest BCUT2D eigenvalue weighted by atomic mass is 10.2. The van der Waals surface area contributed by atoms with Crippen molar-refractivity contribution in [1.29, 1.82) is 0 Å². The number of carboxylic acids is 1. The molecule has 1 amide bonds. The van der Waals surface area contributed by atoms with Crippen LogP contribution in [0.3, 0.4) is 0 Å². The number of aromatic nitrogens is 2. The van der Waals surface area contributed by atoms with Gasteiger partial charge in [0.2, 0.25) is 0 Å². The van der Waals surface area contributed by atoms with E-state index in [1.165, 1.54) is 18.3 Å². The van der Waals surface area contributed by atoms with Gasteiger partial charge < -0.3 is 15.0 Å². The van der Waals surface area contributed by atoms with Gasteiger partial charge in [-0.25, -0.2) is 4.98 Å². The molecule has 0 aliphatic rings. The molecule has 0 bridgehead atoms. The number of fused-ring (bicyclic) bond motifs is 1. The Hall–Kier alpha value is -2.67. The smallest absolute Gasteiger partial charge is 0.325 e. The highest BCUT2D eigenvalue weighted by molar-refractivity contribution is 7.20. The maximum absolute atomic E-state index is 12.0. The fourth-order valence-electron chi connectivity index (χ4n) is 1.97. The highest BCUT2D eigenvalue weighted by Gasteiger charge is 2.16. The third-order valence-corrected chi connectivity index (χ3v) is 4.21. The van der Waals surface area contributed by atoms with Crippen molar-refractivity contribution in [3.63, 3.8) is 0 Å². The first-order valence-electron chi connectivity index (χ1n) is 6.62. The second kappa shape index (κ2) is 5.61. The number of carbonyl (C=O) groups excluding carboxylic acids is 1. The van der Waals surface area contributed by atoms with Crippen LogP contribution in [0.4, 0.5) is 0 Å². The third kappa shape index (κ3) is 2.71. The number of amides is 1. The van der Waals surface area contributed by atoms with E-state index in [1.54, 1.807) is 18.2 Å². The highest BCUT2D eigenvalue weighted by Crippen LogP contribution is 2.26. The lowest BCUT2D eigenvalue weighted by molar-refractivity contribution is -0.138. The van der Waals surface area contributed by atoms with Gasteiger partial charge in [-0.15, -0.1) is 0 Å². The molecule has 3 aromatic rings. The zero-order valence-electron chi connectivity index (χ0n) is 11.7. The fourth-order valence-corrected chi connectivity index (χ4v) is 2.94. The van der Waals surface area contributed by atoms with Crippen LogP contribution in [-0.4, -0.2) is 32.6 Å². The maximum Gasteiger partial charge on any atom is 0.325 e. The Labute approximate surface area is 130 Å². The maximum atomic E-state index is 12.0. The number of carboxylic acid groups (broad SMARTS) is 1. The average Bonchev–Trinajstić information content (AvgIpc) is 3.14. The van der Waals surface area contributed by atoms with E-state index in [0.717, 1.165) is 15.3 Å². The molecule has 6 nitrogen and oxygen atoms in total. The summed E-state index contributed by atoms with van der Waals surface area (Å²) in [5.41, 5.74) is 1.22. The van der Waals surface area contributed by atoms with Crippen molar-refractivity contribution in [2.75, 3.05) is 0 Å². The quantitative estimate of drug-likeness (QED) is 0.773. The Morgan fingerprint density at radius 3 is 2.73 bits per heavy atom. The van der Waals surface area contributed by atoms with Gasteiger partial charge >= 0.3 is 5.97 Å². The first-order chi connectivity index (χ1) is 10.5. The predicted octanol–water partition coefficient (Wildman–Crippen LogP) is 2.29. The van der Waals surface area contributed by atoms with E-state index in [9.17, 15) is 9.59 Å². The predicted molar refractivity (Wildman–Crippen MR) is 83.5 cm³/mol. The summed E-state index contributed by atoms with van der Waals surface area (Å²) in [4.78, 5) is 27.3. The highest BCUT2D eigenvalue weighted by atomic mass is 32.1. The number of hydrogen-bond acceptors (Lipinski definition) is 4. The van der Waals surface area contributed by atoms with E-state index in [-0.39, 0.29) is 0 Å². The summed E-state index contributed by atoms with van der Waals surface area (Å²) < 4.78 is 2.77. The minimum Gasteiger partial charge on any atom is -0.480 e. The number of thiazole rings is 1. The Morgan fingerprint density at radius 1 is 1.32 bits per heavy atom. The molecule has 22 heavy (non-hydrogen) atoms. The van der Waals surface area contributed by atoms with Gasteiger partial charge in [-0.05, 0) is 37.3 Å². The van der Waals surface area contributed by atoms with E-state index < -0.39 is 17.9 Å². The van der Waals surface area contributed by atoms with Crippen molar-refractivity contribution < 1.29 is 14.7 Å². The van der Waals surface area contributed by atoms with Crippen LogP contribution >= 0.6 is 11.3 Å². The number of rotatable bonds is 4.